The van der Waals surface area contributed by atoms with E-state index in [4.69, 9.17) is 0 Å². The van der Waals surface area contributed by atoms with Gasteiger partial charge in [-0.05, 0) is 30.4 Å². The van der Waals surface area contributed by atoms with Gasteiger partial charge in [0.25, 0.3) is 0 Å². The second-order valence-electron chi connectivity index (χ2n) is 5.50. The van der Waals surface area contributed by atoms with E-state index in [9.17, 15) is 25.5 Å². The molecular formula is C18H26N6O5. The summed E-state index contributed by atoms with van der Waals surface area (Å²) < 4.78 is 0. The lowest BCUT2D eigenvalue weighted by atomic mass is 10.4. The van der Waals surface area contributed by atoms with Gasteiger partial charge < -0.3 is 30.8 Å². The Labute approximate surface area is 168 Å². The summed E-state index contributed by atoms with van der Waals surface area (Å²) >= 11 is 0. The Hall–Kier alpha value is -3.09. The fourth-order valence-electron chi connectivity index (χ4n) is 2.08. The molecule has 5 unspecified atom stereocenters. The van der Waals surface area contributed by atoms with E-state index in [0.717, 1.165) is 40.2 Å². The van der Waals surface area contributed by atoms with Gasteiger partial charge in [-0.15, -0.1) is 0 Å². The van der Waals surface area contributed by atoms with Crippen molar-refractivity contribution in [2.24, 2.45) is 0 Å². The fourth-order valence-corrected chi connectivity index (χ4v) is 2.08. The van der Waals surface area contributed by atoms with Crippen LogP contribution in [0, 0.1) is 0 Å². The molecule has 0 saturated heterocycles. The maximum absolute atomic E-state index is 10.2. The van der Waals surface area contributed by atoms with Crippen LogP contribution in [0.25, 0.3) is 0 Å². The third-order valence-electron chi connectivity index (χ3n) is 3.56. The number of hydrogen-bond acceptors (Lipinski definition) is 11. The molecule has 0 bridgehead atoms. The largest absolute Gasteiger partial charge is 0.370 e. The van der Waals surface area contributed by atoms with Crippen molar-refractivity contribution in [3.63, 3.8) is 0 Å². The Bertz CT molecular complexity index is 667. The van der Waals surface area contributed by atoms with Gasteiger partial charge in [0.1, 0.15) is 6.23 Å². The van der Waals surface area contributed by atoms with Crippen molar-refractivity contribution < 1.29 is 25.5 Å². The molecule has 158 valence electrons. The topological polar surface area (TPSA) is 158 Å². The van der Waals surface area contributed by atoms with Gasteiger partial charge in [0.2, 0.25) is 17.8 Å². The fraction of sp³-hybridized carbons (Fsp3) is 0.278. The maximum Gasteiger partial charge on any atom is 0.236 e. The zero-order chi connectivity index (χ0) is 22.1. The number of nitrogens with zero attached hydrogens (tertiary/aromatic N) is 5. The number of aliphatic hydroxyl groups is 5. The Morgan fingerprint density at radius 3 is 1.24 bits per heavy atom. The molecule has 0 aliphatic carbocycles. The summed E-state index contributed by atoms with van der Waals surface area (Å²) in [7, 11) is 0. The molecule has 0 spiro atoms. The summed E-state index contributed by atoms with van der Waals surface area (Å²) in [6.07, 6.45) is -1.39. The zero-order valence-corrected chi connectivity index (χ0v) is 15.8. The van der Waals surface area contributed by atoms with E-state index in [1.165, 1.54) is 0 Å². The molecule has 0 radical (unpaired) electrons. The Morgan fingerprint density at radius 1 is 0.621 bits per heavy atom. The number of aliphatic hydroxyl groups excluding tert-OH is 5. The average Bonchev–Trinajstić information content (AvgIpc) is 2.72. The van der Waals surface area contributed by atoms with Crippen molar-refractivity contribution in [3.8, 4) is 0 Å². The molecule has 0 aromatic carbocycles. The van der Waals surface area contributed by atoms with Crippen molar-refractivity contribution >= 4 is 17.8 Å². The summed E-state index contributed by atoms with van der Waals surface area (Å²) in [4.78, 5) is 14.0. The van der Waals surface area contributed by atoms with Crippen LogP contribution in [0.1, 0.15) is 0 Å². The number of anilines is 3. The van der Waals surface area contributed by atoms with E-state index in [-0.39, 0.29) is 17.8 Å². The molecule has 6 N–H and O–H groups in total. The molecule has 29 heavy (non-hydrogen) atoms. The van der Waals surface area contributed by atoms with Crippen LogP contribution in [-0.2, 0) is 0 Å². The number of aromatic nitrogens is 3. The molecule has 0 saturated carbocycles. The van der Waals surface area contributed by atoms with Gasteiger partial charge in [-0.25, -0.2) is 0 Å². The van der Waals surface area contributed by atoms with Crippen LogP contribution in [0.2, 0.25) is 0 Å². The zero-order valence-electron chi connectivity index (χ0n) is 15.8. The quantitative estimate of drug-likeness (QED) is 0.184. The van der Waals surface area contributed by atoms with Crippen molar-refractivity contribution in [2.45, 2.75) is 31.1 Å². The predicted molar refractivity (Wildman–Crippen MR) is 109 cm³/mol. The molecule has 0 aliphatic heterocycles. The molecule has 1 rings (SSSR count). The highest BCUT2D eigenvalue weighted by Crippen LogP contribution is 2.23. The second-order valence-corrected chi connectivity index (χ2v) is 5.50. The maximum atomic E-state index is 10.2. The van der Waals surface area contributed by atoms with E-state index in [1.807, 2.05) is 0 Å². The standard InChI is InChI=1S/C18H26N6O5/c1-6-11(25)19-16-20-17(23(12(26)7-2)13(27)8-3)22-18(21-16)24(14(28)9-4)15(29)10-5/h6-15,25-29H,1-5H2,(H,19,20,21,22). The SMILES string of the molecule is C=CC(O)Nc1nc(N(C(O)C=C)C(O)C=C)nc(N(C(O)C=C)C(O)C=C)n1. The van der Waals surface area contributed by atoms with Crippen molar-refractivity contribution in [3.05, 3.63) is 63.3 Å². The summed E-state index contributed by atoms with van der Waals surface area (Å²) in [5.41, 5.74) is 0. The first-order valence-electron chi connectivity index (χ1n) is 8.36. The Kier molecular flexibility index (Phi) is 9.12. The summed E-state index contributed by atoms with van der Waals surface area (Å²) in [5, 5.41) is 53.1. The molecule has 11 nitrogen and oxygen atoms in total. The van der Waals surface area contributed by atoms with Crippen molar-refractivity contribution in [1.82, 2.24) is 15.0 Å². The van der Waals surface area contributed by atoms with Gasteiger partial charge in [-0.2, -0.15) is 15.0 Å². The summed E-state index contributed by atoms with van der Waals surface area (Å²) in [6.45, 7) is 17.2. The first kappa shape index (κ1) is 23.9. The molecule has 0 amide bonds. The van der Waals surface area contributed by atoms with Gasteiger partial charge in [0.15, 0.2) is 24.9 Å². The van der Waals surface area contributed by atoms with E-state index < -0.39 is 31.1 Å². The number of rotatable bonds is 13. The number of hydrogen-bond donors (Lipinski definition) is 6. The van der Waals surface area contributed by atoms with Crippen LogP contribution in [0.5, 0.6) is 0 Å². The van der Waals surface area contributed by atoms with Crippen LogP contribution in [-0.4, -0.2) is 71.6 Å². The third-order valence-corrected chi connectivity index (χ3v) is 3.56. The molecule has 1 aromatic heterocycles. The monoisotopic (exact) mass is 406 g/mol. The highest BCUT2D eigenvalue weighted by atomic mass is 16.3. The summed E-state index contributed by atoms with van der Waals surface area (Å²) in [6, 6.07) is 0. The van der Waals surface area contributed by atoms with Gasteiger partial charge >= 0.3 is 0 Å². The first-order valence-corrected chi connectivity index (χ1v) is 8.36. The van der Waals surface area contributed by atoms with Gasteiger partial charge in [0.05, 0.1) is 0 Å². The van der Waals surface area contributed by atoms with Crippen LogP contribution in [0.3, 0.4) is 0 Å². The smallest absolute Gasteiger partial charge is 0.236 e. The predicted octanol–water partition coefficient (Wildman–Crippen LogP) is -0.582. The van der Waals surface area contributed by atoms with Crippen molar-refractivity contribution in [1.29, 1.82) is 0 Å². The van der Waals surface area contributed by atoms with E-state index in [1.54, 1.807) is 0 Å². The molecule has 0 fully saturated rings. The van der Waals surface area contributed by atoms with E-state index in [2.05, 4.69) is 53.2 Å². The highest BCUT2D eigenvalue weighted by molar-refractivity contribution is 5.48. The molecule has 1 aromatic rings. The molecular weight excluding hydrogens is 380 g/mol. The second kappa shape index (κ2) is 11.0. The average molecular weight is 406 g/mol. The molecule has 5 atom stereocenters. The Balaban J connectivity index is 3.68. The minimum Gasteiger partial charge on any atom is -0.370 e. The molecule has 0 aliphatic rings. The molecule has 1 heterocycles. The van der Waals surface area contributed by atoms with Gasteiger partial charge in [-0.1, -0.05) is 32.9 Å². The van der Waals surface area contributed by atoms with Crippen LogP contribution in [0.15, 0.2) is 63.3 Å². The normalized spacial score (nSPS) is 15.8. The minimum atomic E-state index is -1.43. The molecule has 11 heteroatoms. The van der Waals surface area contributed by atoms with Crippen LogP contribution < -0.4 is 15.1 Å². The minimum absolute atomic E-state index is 0.215. The van der Waals surface area contributed by atoms with Gasteiger partial charge in [0, 0.05) is 0 Å². The number of nitrogens with one attached hydrogen (secondary N) is 1. The van der Waals surface area contributed by atoms with Gasteiger partial charge in [-0.3, -0.25) is 9.80 Å². The lowest BCUT2D eigenvalue weighted by Crippen LogP contribution is -2.45. The van der Waals surface area contributed by atoms with Crippen molar-refractivity contribution in [2.75, 3.05) is 15.1 Å². The van der Waals surface area contributed by atoms with Crippen LogP contribution >= 0.6 is 0 Å². The first-order chi connectivity index (χ1) is 13.7. The highest BCUT2D eigenvalue weighted by Gasteiger charge is 2.28. The van der Waals surface area contributed by atoms with E-state index in [0.29, 0.717) is 0 Å². The van der Waals surface area contributed by atoms with Crippen LogP contribution in [0.4, 0.5) is 17.8 Å². The van der Waals surface area contributed by atoms with E-state index >= 15 is 0 Å². The summed E-state index contributed by atoms with van der Waals surface area (Å²) in [5.74, 6) is -0.787. The lowest BCUT2D eigenvalue weighted by Gasteiger charge is -2.32. The lowest BCUT2D eigenvalue weighted by molar-refractivity contribution is 0.131. The Morgan fingerprint density at radius 2 is 0.966 bits per heavy atom. The third kappa shape index (κ3) is 5.94.